The Hall–Kier alpha value is -2.65. The fourth-order valence-corrected chi connectivity index (χ4v) is 3.14. The summed E-state index contributed by atoms with van der Waals surface area (Å²) in [6.07, 6.45) is 0. The SMILES string of the molecule is COc1cc(C(=O)N2CCOC[C@H]2C(=O)O)ccc1OCc1cscn1. The number of aliphatic carboxylic acids is 1. The number of carbonyl (C=O) groups is 2. The third-order valence-corrected chi connectivity index (χ3v) is 4.58. The van der Waals surface area contributed by atoms with Crippen molar-refractivity contribution in [3.63, 3.8) is 0 Å². The standard InChI is InChI=1S/C17H18N2O6S/c1-23-15-6-11(2-3-14(15)25-7-12-9-26-10-18-12)16(20)19-4-5-24-8-13(19)17(21)22/h2-3,6,9-10,13H,4-5,7-8H2,1H3,(H,21,22)/t13-/m0/s1. The molecule has 1 atom stereocenters. The maximum Gasteiger partial charge on any atom is 0.328 e. The van der Waals surface area contributed by atoms with Crippen molar-refractivity contribution in [3.05, 3.63) is 40.3 Å². The molecule has 0 radical (unpaired) electrons. The Labute approximate surface area is 153 Å². The fourth-order valence-electron chi connectivity index (χ4n) is 2.60. The second-order valence-electron chi connectivity index (χ2n) is 5.56. The normalized spacial score (nSPS) is 17.0. The summed E-state index contributed by atoms with van der Waals surface area (Å²) in [6.45, 7) is 0.798. The number of amides is 1. The molecule has 1 aromatic carbocycles. The average molecular weight is 378 g/mol. The van der Waals surface area contributed by atoms with Crippen LogP contribution in [0.15, 0.2) is 29.1 Å². The monoisotopic (exact) mass is 378 g/mol. The van der Waals surface area contributed by atoms with Crippen LogP contribution in [-0.4, -0.2) is 59.8 Å². The molecule has 9 heteroatoms. The molecular formula is C17H18N2O6S. The van der Waals surface area contributed by atoms with E-state index < -0.39 is 12.0 Å². The summed E-state index contributed by atoms with van der Waals surface area (Å²) in [5.41, 5.74) is 2.85. The number of morpholine rings is 1. The first-order valence-electron chi connectivity index (χ1n) is 7.89. The highest BCUT2D eigenvalue weighted by atomic mass is 32.1. The number of hydrogen-bond donors (Lipinski definition) is 1. The van der Waals surface area contributed by atoms with Crippen LogP contribution < -0.4 is 9.47 Å². The minimum atomic E-state index is -1.09. The molecule has 8 nitrogen and oxygen atoms in total. The van der Waals surface area contributed by atoms with Crippen molar-refractivity contribution in [1.82, 2.24) is 9.88 Å². The van der Waals surface area contributed by atoms with Crippen LogP contribution in [0.5, 0.6) is 11.5 Å². The van der Waals surface area contributed by atoms with Gasteiger partial charge in [0, 0.05) is 17.5 Å². The van der Waals surface area contributed by atoms with Crippen LogP contribution in [0, 0.1) is 0 Å². The van der Waals surface area contributed by atoms with Crippen LogP contribution in [0.25, 0.3) is 0 Å². The second-order valence-corrected chi connectivity index (χ2v) is 6.28. The van der Waals surface area contributed by atoms with Crippen LogP contribution >= 0.6 is 11.3 Å². The average Bonchev–Trinajstić information content (AvgIpc) is 3.19. The third-order valence-electron chi connectivity index (χ3n) is 3.94. The maximum absolute atomic E-state index is 12.7. The molecule has 1 saturated heterocycles. The van der Waals surface area contributed by atoms with Crippen LogP contribution in [0.4, 0.5) is 0 Å². The maximum atomic E-state index is 12.7. The van der Waals surface area contributed by atoms with Crippen molar-refractivity contribution >= 4 is 23.2 Å². The van der Waals surface area contributed by atoms with Gasteiger partial charge in [0.15, 0.2) is 17.5 Å². The van der Waals surface area contributed by atoms with Gasteiger partial charge in [-0.25, -0.2) is 9.78 Å². The van der Waals surface area contributed by atoms with Crippen LogP contribution in [0.3, 0.4) is 0 Å². The molecule has 0 unspecified atom stereocenters. The van der Waals surface area contributed by atoms with E-state index in [1.165, 1.54) is 23.3 Å². The van der Waals surface area contributed by atoms with Gasteiger partial charge in [-0.1, -0.05) is 0 Å². The predicted octanol–water partition coefficient (Wildman–Crippen LogP) is 1.66. The Morgan fingerprint density at radius 2 is 2.27 bits per heavy atom. The Balaban J connectivity index is 1.77. The lowest BCUT2D eigenvalue weighted by atomic mass is 10.1. The lowest BCUT2D eigenvalue weighted by molar-refractivity contribution is -0.147. The summed E-state index contributed by atoms with van der Waals surface area (Å²) in [5, 5.41) is 11.2. The minimum absolute atomic E-state index is 0.0208. The van der Waals surface area contributed by atoms with Crippen LogP contribution in [0.2, 0.25) is 0 Å². The fraction of sp³-hybridized carbons (Fsp3) is 0.353. The summed E-state index contributed by atoms with van der Waals surface area (Å²) in [7, 11) is 1.48. The van der Waals surface area contributed by atoms with Gasteiger partial charge in [-0.15, -0.1) is 11.3 Å². The zero-order valence-corrected chi connectivity index (χ0v) is 14.9. The van der Waals surface area contributed by atoms with Gasteiger partial charge in [-0.2, -0.15) is 0 Å². The molecule has 1 fully saturated rings. The number of aromatic nitrogens is 1. The van der Waals surface area contributed by atoms with Crippen LogP contribution in [0.1, 0.15) is 16.1 Å². The highest BCUT2D eigenvalue weighted by Gasteiger charge is 2.33. The number of rotatable bonds is 6. The summed E-state index contributed by atoms with van der Waals surface area (Å²) in [5.74, 6) is -0.599. The van der Waals surface area contributed by atoms with Gasteiger partial charge >= 0.3 is 5.97 Å². The zero-order valence-electron chi connectivity index (χ0n) is 14.1. The molecule has 138 valence electrons. The molecule has 1 aliphatic heterocycles. The molecule has 1 aromatic heterocycles. The first kappa shape index (κ1) is 18.2. The molecule has 26 heavy (non-hydrogen) atoms. The lowest BCUT2D eigenvalue weighted by Crippen LogP contribution is -2.52. The Morgan fingerprint density at radius 1 is 1.42 bits per heavy atom. The van der Waals surface area contributed by atoms with Crippen molar-refractivity contribution in [2.45, 2.75) is 12.6 Å². The predicted molar refractivity (Wildman–Crippen MR) is 92.7 cm³/mol. The molecule has 2 aromatic rings. The molecule has 2 heterocycles. The van der Waals surface area contributed by atoms with E-state index in [1.54, 1.807) is 23.7 Å². The molecule has 1 aliphatic rings. The first-order valence-corrected chi connectivity index (χ1v) is 8.84. The van der Waals surface area contributed by atoms with Gasteiger partial charge in [0.05, 0.1) is 31.5 Å². The van der Waals surface area contributed by atoms with E-state index in [2.05, 4.69) is 4.98 Å². The molecule has 0 bridgehead atoms. The van der Waals surface area contributed by atoms with E-state index >= 15 is 0 Å². The van der Waals surface area contributed by atoms with Crippen molar-refractivity contribution in [3.8, 4) is 11.5 Å². The number of nitrogens with zero attached hydrogens (tertiary/aromatic N) is 2. The summed E-state index contributed by atoms with van der Waals surface area (Å²) in [4.78, 5) is 29.5. The topological polar surface area (TPSA) is 98.2 Å². The van der Waals surface area contributed by atoms with Gasteiger partial charge in [-0.05, 0) is 18.2 Å². The number of carbonyl (C=O) groups excluding carboxylic acids is 1. The molecular weight excluding hydrogens is 360 g/mol. The first-order chi connectivity index (χ1) is 12.6. The molecule has 1 N–H and O–H groups in total. The van der Waals surface area contributed by atoms with Crippen molar-refractivity contribution in [1.29, 1.82) is 0 Å². The van der Waals surface area contributed by atoms with Crippen molar-refractivity contribution in [2.75, 3.05) is 26.9 Å². The summed E-state index contributed by atoms with van der Waals surface area (Å²) in [6, 6.07) is 3.78. The van der Waals surface area contributed by atoms with E-state index in [0.717, 1.165) is 5.69 Å². The van der Waals surface area contributed by atoms with E-state index in [-0.39, 0.29) is 25.7 Å². The lowest BCUT2D eigenvalue weighted by Gasteiger charge is -2.33. The number of hydrogen-bond acceptors (Lipinski definition) is 7. The van der Waals surface area contributed by atoms with E-state index in [0.29, 0.717) is 23.7 Å². The summed E-state index contributed by atoms with van der Waals surface area (Å²) >= 11 is 1.48. The molecule has 3 rings (SSSR count). The number of carboxylic acid groups (broad SMARTS) is 1. The minimum Gasteiger partial charge on any atom is -0.493 e. The van der Waals surface area contributed by atoms with Gasteiger partial charge in [-0.3, -0.25) is 4.79 Å². The highest BCUT2D eigenvalue weighted by molar-refractivity contribution is 7.07. The molecule has 0 aliphatic carbocycles. The Bertz CT molecular complexity index is 780. The van der Waals surface area contributed by atoms with Crippen molar-refractivity contribution in [2.24, 2.45) is 0 Å². The third kappa shape index (κ3) is 3.94. The number of benzene rings is 1. The smallest absolute Gasteiger partial charge is 0.328 e. The molecule has 0 saturated carbocycles. The number of thiazole rings is 1. The quantitative estimate of drug-likeness (QED) is 0.816. The highest BCUT2D eigenvalue weighted by Crippen LogP contribution is 2.29. The number of methoxy groups -OCH3 is 1. The largest absolute Gasteiger partial charge is 0.493 e. The van der Waals surface area contributed by atoms with E-state index in [9.17, 15) is 14.7 Å². The van der Waals surface area contributed by atoms with Gasteiger partial charge < -0.3 is 24.2 Å². The Kier molecular flexibility index (Phi) is 5.69. The second kappa shape index (κ2) is 8.15. The zero-order chi connectivity index (χ0) is 18.5. The van der Waals surface area contributed by atoms with Gasteiger partial charge in [0.2, 0.25) is 0 Å². The van der Waals surface area contributed by atoms with Gasteiger partial charge in [0.25, 0.3) is 5.91 Å². The summed E-state index contributed by atoms with van der Waals surface area (Å²) < 4.78 is 16.2. The molecule has 0 spiro atoms. The van der Waals surface area contributed by atoms with Crippen LogP contribution in [-0.2, 0) is 16.1 Å². The molecule has 1 amide bonds. The van der Waals surface area contributed by atoms with Crippen molar-refractivity contribution < 1.29 is 28.9 Å². The van der Waals surface area contributed by atoms with E-state index in [1.807, 2.05) is 5.38 Å². The van der Waals surface area contributed by atoms with E-state index in [4.69, 9.17) is 14.2 Å². The Morgan fingerprint density at radius 3 is 2.96 bits per heavy atom. The number of carboxylic acids is 1. The number of ether oxygens (including phenoxy) is 3. The van der Waals surface area contributed by atoms with Gasteiger partial charge in [0.1, 0.15) is 6.61 Å².